The minimum atomic E-state index is -0.0244. The van der Waals surface area contributed by atoms with Crippen molar-refractivity contribution >= 4 is 39.1 Å². The minimum Gasteiger partial charge on any atom is -0.117 e. The zero-order valence-corrected chi connectivity index (χ0v) is 13.1. The summed E-state index contributed by atoms with van der Waals surface area (Å²) in [5, 5.41) is 0.729. The second kappa shape index (κ2) is 6.10. The van der Waals surface area contributed by atoms with E-state index in [0.717, 1.165) is 15.9 Å². The molecule has 2 aromatic carbocycles. The molecule has 2 rings (SSSR count). The van der Waals surface area contributed by atoms with Crippen LogP contribution in [0.15, 0.2) is 46.9 Å². The summed E-state index contributed by atoms with van der Waals surface area (Å²) < 4.78 is 1.06. The van der Waals surface area contributed by atoms with Crippen LogP contribution in [-0.4, -0.2) is 0 Å². The Morgan fingerprint density at radius 2 is 1.78 bits per heavy atom. The Hall–Kier alpha value is -0.500. The number of halogens is 3. The van der Waals surface area contributed by atoms with Crippen molar-refractivity contribution in [3.05, 3.63) is 68.7 Å². The Kier molecular flexibility index (Phi) is 4.71. The van der Waals surface area contributed by atoms with E-state index in [0.29, 0.717) is 0 Å². The fourth-order valence-corrected chi connectivity index (χ4v) is 2.80. The third-order valence-electron chi connectivity index (χ3n) is 2.91. The van der Waals surface area contributed by atoms with Crippen LogP contribution in [0.3, 0.4) is 0 Å². The van der Waals surface area contributed by atoms with Crippen molar-refractivity contribution in [3.63, 3.8) is 0 Å². The summed E-state index contributed by atoms with van der Waals surface area (Å²) in [7, 11) is 0. The van der Waals surface area contributed by atoms with Crippen LogP contribution in [-0.2, 0) is 6.42 Å². The second-order valence-corrected chi connectivity index (χ2v) is 6.18. The number of hydrogen-bond donors (Lipinski definition) is 0. The van der Waals surface area contributed by atoms with Crippen LogP contribution in [0.5, 0.6) is 0 Å². The lowest BCUT2D eigenvalue weighted by Gasteiger charge is -2.13. The molecule has 0 aliphatic heterocycles. The molecule has 0 aromatic heterocycles. The molecule has 18 heavy (non-hydrogen) atoms. The van der Waals surface area contributed by atoms with Gasteiger partial charge in [-0.25, -0.2) is 0 Å². The summed E-state index contributed by atoms with van der Waals surface area (Å²) in [5.74, 6) is 0. The maximum absolute atomic E-state index is 6.50. The van der Waals surface area contributed by atoms with E-state index in [1.54, 1.807) is 0 Å². The fraction of sp³-hybridized carbons (Fsp3) is 0.200. The van der Waals surface area contributed by atoms with Crippen LogP contribution < -0.4 is 0 Å². The molecule has 0 amide bonds. The van der Waals surface area contributed by atoms with Crippen molar-refractivity contribution < 1.29 is 0 Å². The van der Waals surface area contributed by atoms with Gasteiger partial charge < -0.3 is 0 Å². The van der Waals surface area contributed by atoms with Gasteiger partial charge in [0.1, 0.15) is 0 Å². The molecule has 0 saturated carbocycles. The monoisotopic (exact) mass is 342 g/mol. The van der Waals surface area contributed by atoms with Crippen molar-refractivity contribution in [1.29, 1.82) is 0 Å². The molecule has 0 nitrogen and oxygen atoms in total. The molecule has 0 saturated heterocycles. The van der Waals surface area contributed by atoms with Crippen molar-refractivity contribution in [3.8, 4) is 0 Å². The first-order chi connectivity index (χ1) is 8.56. The molecule has 94 valence electrons. The molecule has 0 N–H and O–H groups in total. The number of alkyl halides is 1. The summed E-state index contributed by atoms with van der Waals surface area (Å²) in [6.45, 7) is 2.08. The van der Waals surface area contributed by atoms with Gasteiger partial charge in [-0.3, -0.25) is 0 Å². The van der Waals surface area contributed by atoms with Gasteiger partial charge in [0.15, 0.2) is 0 Å². The first-order valence-electron chi connectivity index (χ1n) is 5.71. The second-order valence-electron chi connectivity index (χ2n) is 4.30. The molecule has 0 aliphatic rings. The summed E-state index contributed by atoms with van der Waals surface area (Å²) in [6, 6.07) is 14.0. The maximum Gasteiger partial charge on any atom is 0.0628 e. The molecule has 0 radical (unpaired) electrons. The summed E-state index contributed by atoms with van der Waals surface area (Å²) in [4.78, 5) is 0. The highest BCUT2D eigenvalue weighted by Crippen LogP contribution is 2.30. The lowest BCUT2D eigenvalue weighted by molar-refractivity contribution is 0.909. The smallest absolute Gasteiger partial charge is 0.0628 e. The van der Waals surface area contributed by atoms with Gasteiger partial charge in [-0.2, -0.15) is 0 Å². The Morgan fingerprint density at radius 3 is 2.44 bits per heavy atom. The largest absolute Gasteiger partial charge is 0.117 e. The molecular weight excluding hydrogens is 331 g/mol. The summed E-state index contributed by atoms with van der Waals surface area (Å²) in [6.07, 6.45) is 0.802. The van der Waals surface area contributed by atoms with E-state index in [1.807, 2.05) is 30.3 Å². The van der Waals surface area contributed by atoms with Gasteiger partial charge in [0, 0.05) is 9.50 Å². The molecule has 1 unspecified atom stereocenters. The number of hydrogen-bond acceptors (Lipinski definition) is 0. The standard InChI is InChI=1S/C15H13BrCl2/c1-10-2-5-12(16)9-14(10)15(18)8-11-3-6-13(17)7-4-11/h2-7,9,15H,8H2,1H3. The van der Waals surface area contributed by atoms with Crippen molar-refractivity contribution in [2.75, 3.05) is 0 Å². The Labute approximate surface area is 126 Å². The zero-order valence-electron chi connectivity index (χ0n) is 9.96. The lowest BCUT2D eigenvalue weighted by Crippen LogP contribution is -1.98. The van der Waals surface area contributed by atoms with Crippen molar-refractivity contribution in [2.45, 2.75) is 18.7 Å². The van der Waals surface area contributed by atoms with Gasteiger partial charge in [0.25, 0.3) is 0 Å². The summed E-state index contributed by atoms with van der Waals surface area (Å²) >= 11 is 15.9. The molecule has 3 heteroatoms. The number of aryl methyl sites for hydroxylation is 1. The van der Waals surface area contributed by atoms with Crippen LogP contribution in [0.2, 0.25) is 5.02 Å². The molecule has 2 aromatic rings. The van der Waals surface area contributed by atoms with Crippen molar-refractivity contribution in [2.24, 2.45) is 0 Å². The Balaban J connectivity index is 2.18. The number of rotatable bonds is 3. The van der Waals surface area contributed by atoms with Crippen LogP contribution in [0.4, 0.5) is 0 Å². The van der Waals surface area contributed by atoms with Gasteiger partial charge >= 0.3 is 0 Å². The topological polar surface area (TPSA) is 0 Å². The minimum absolute atomic E-state index is 0.0244. The van der Waals surface area contributed by atoms with E-state index in [9.17, 15) is 0 Å². The fourth-order valence-electron chi connectivity index (χ4n) is 1.89. The maximum atomic E-state index is 6.50. The van der Waals surface area contributed by atoms with E-state index in [2.05, 4.69) is 35.0 Å². The molecule has 0 aliphatic carbocycles. The normalized spacial score (nSPS) is 12.4. The van der Waals surface area contributed by atoms with Gasteiger partial charge in [-0.05, 0) is 54.3 Å². The van der Waals surface area contributed by atoms with E-state index in [4.69, 9.17) is 23.2 Å². The quantitative estimate of drug-likeness (QED) is 0.605. The third-order valence-corrected chi connectivity index (χ3v) is 4.04. The van der Waals surface area contributed by atoms with Crippen LogP contribution in [0, 0.1) is 6.92 Å². The van der Waals surface area contributed by atoms with E-state index in [-0.39, 0.29) is 5.38 Å². The average Bonchev–Trinajstić information content (AvgIpc) is 2.35. The molecule has 1 atom stereocenters. The van der Waals surface area contributed by atoms with E-state index < -0.39 is 0 Å². The van der Waals surface area contributed by atoms with E-state index >= 15 is 0 Å². The first-order valence-corrected chi connectivity index (χ1v) is 7.31. The molecule has 0 heterocycles. The van der Waals surface area contributed by atoms with Crippen LogP contribution in [0.25, 0.3) is 0 Å². The SMILES string of the molecule is Cc1ccc(Br)cc1C(Cl)Cc1ccc(Cl)cc1. The average molecular weight is 344 g/mol. The molecule has 0 bridgehead atoms. The molecular formula is C15H13BrCl2. The van der Waals surface area contributed by atoms with E-state index in [1.165, 1.54) is 16.7 Å². The van der Waals surface area contributed by atoms with Gasteiger partial charge in [0.2, 0.25) is 0 Å². The van der Waals surface area contributed by atoms with Crippen LogP contribution >= 0.6 is 39.1 Å². The van der Waals surface area contributed by atoms with Crippen molar-refractivity contribution in [1.82, 2.24) is 0 Å². The number of benzene rings is 2. The molecule has 0 fully saturated rings. The summed E-state index contributed by atoms with van der Waals surface area (Å²) in [5.41, 5.74) is 3.58. The molecule has 0 spiro atoms. The van der Waals surface area contributed by atoms with Gasteiger partial charge in [-0.15, -0.1) is 11.6 Å². The highest BCUT2D eigenvalue weighted by molar-refractivity contribution is 9.10. The zero-order chi connectivity index (χ0) is 13.1. The third kappa shape index (κ3) is 3.50. The van der Waals surface area contributed by atoms with Gasteiger partial charge in [0.05, 0.1) is 5.38 Å². The Bertz CT molecular complexity index is 535. The van der Waals surface area contributed by atoms with Crippen LogP contribution in [0.1, 0.15) is 22.1 Å². The highest BCUT2D eigenvalue weighted by atomic mass is 79.9. The predicted octanol–water partition coefficient (Wildman–Crippen LogP) is 5.93. The highest BCUT2D eigenvalue weighted by Gasteiger charge is 2.12. The van der Waals surface area contributed by atoms with Gasteiger partial charge in [-0.1, -0.05) is 45.7 Å². The Morgan fingerprint density at radius 1 is 1.11 bits per heavy atom. The first kappa shape index (κ1) is 13.9. The predicted molar refractivity (Wildman–Crippen MR) is 82.6 cm³/mol. The lowest BCUT2D eigenvalue weighted by atomic mass is 10.0.